The quantitative estimate of drug-likeness (QED) is 0.472. The molecule has 7 heteroatoms. The number of aromatic nitrogens is 2. The third-order valence-electron chi connectivity index (χ3n) is 5.80. The number of nitrogens with zero attached hydrogens (tertiary/aromatic N) is 3. The van der Waals surface area contributed by atoms with Crippen LogP contribution in [0, 0.1) is 6.92 Å². The molecule has 158 valence electrons. The second kappa shape index (κ2) is 8.61. The van der Waals surface area contributed by atoms with Crippen LogP contribution < -0.4 is 5.32 Å². The summed E-state index contributed by atoms with van der Waals surface area (Å²) in [4.78, 5) is 20.4. The molecular formula is C24H24N4O2S. The molecule has 5 rings (SSSR count). The zero-order valence-corrected chi connectivity index (χ0v) is 18.1. The molecule has 4 aromatic rings. The number of benzene rings is 2. The lowest BCUT2D eigenvalue weighted by atomic mass is 9.94. The second-order valence-electron chi connectivity index (χ2n) is 7.96. The van der Waals surface area contributed by atoms with Crippen LogP contribution >= 0.6 is 11.3 Å². The first-order valence-corrected chi connectivity index (χ1v) is 11.4. The lowest BCUT2D eigenvalue weighted by molar-refractivity contribution is -0.122. The predicted molar refractivity (Wildman–Crippen MR) is 122 cm³/mol. The van der Waals surface area contributed by atoms with E-state index in [0.29, 0.717) is 17.5 Å². The number of amides is 1. The van der Waals surface area contributed by atoms with Crippen LogP contribution in [0.5, 0.6) is 0 Å². The highest BCUT2D eigenvalue weighted by atomic mass is 32.1. The van der Waals surface area contributed by atoms with Gasteiger partial charge >= 0.3 is 0 Å². The standard InChI is InChI=1S/C24H24N4O2S/c1-16-15-21(27-30-16)26-23(29)22(17-7-3-2-4-8-17)28-13-11-18(12-14-28)24-25-19-9-5-6-10-20(19)31-24/h2-10,15,18,22H,11-14H2,1H3,(H,26,27,29). The van der Waals surface area contributed by atoms with Crippen LogP contribution in [0.1, 0.15) is 41.1 Å². The molecule has 3 heterocycles. The van der Waals surface area contributed by atoms with E-state index in [-0.39, 0.29) is 11.9 Å². The molecule has 6 nitrogen and oxygen atoms in total. The van der Waals surface area contributed by atoms with E-state index in [4.69, 9.17) is 9.51 Å². The number of rotatable bonds is 5. The van der Waals surface area contributed by atoms with Crippen molar-refractivity contribution in [3.8, 4) is 0 Å². The van der Waals surface area contributed by atoms with Gasteiger partial charge in [0.25, 0.3) is 0 Å². The number of carbonyl (C=O) groups is 1. The van der Waals surface area contributed by atoms with Crippen molar-refractivity contribution in [3.63, 3.8) is 0 Å². The van der Waals surface area contributed by atoms with Crippen molar-refractivity contribution in [1.82, 2.24) is 15.0 Å². The van der Waals surface area contributed by atoms with Crippen LogP contribution in [-0.4, -0.2) is 34.0 Å². The lowest BCUT2D eigenvalue weighted by Crippen LogP contribution is -2.41. The predicted octanol–water partition coefficient (Wildman–Crippen LogP) is 5.15. The van der Waals surface area contributed by atoms with Crippen molar-refractivity contribution in [1.29, 1.82) is 0 Å². The molecule has 1 saturated heterocycles. The maximum absolute atomic E-state index is 13.2. The minimum atomic E-state index is -0.366. The van der Waals surface area contributed by atoms with E-state index in [1.807, 2.05) is 43.3 Å². The molecule has 31 heavy (non-hydrogen) atoms. The summed E-state index contributed by atoms with van der Waals surface area (Å²) in [5.41, 5.74) is 2.06. The van der Waals surface area contributed by atoms with Gasteiger partial charge in [0, 0.05) is 12.0 Å². The molecule has 1 amide bonds. The van der Waals surface area contributed by atoms with Gasteiger partial charge in [0.05, 0.1) is 15.2 Å². The minimum absolute atomic E-state index is 0.0852. The molecule has 1 unspecified atom stereocenters. The molecule has 2 aromatic heterocycles. The van der Waals surface area contributed by atoms with Crippen molar-refractivity contribution in [2.45, 2.75) is 31.7 Å². The average Bonchev–Trinajstić information content (AvgIpc) is 3.41. The zero-order valence-electron chi connectivity index (χ0n) is 17.3. The van der Waals surface area contributed by atoms with Gasteiger partial charge < -0.3 is 9.84 Å². The summed E-state index contributed by atoms with van der Waals surface area (Å²) in [6, 6.07) is 19.6. The third-order valence-corrected chi connectivity index (χ3v) is 7.00. The van der Waals surface area contributed by atoms with Crippen LogP contribution in [-0.2, 0) is 4.79 Å². The summed E-state index contributed by atoms with van der Waals surface area (Å²) < 4.78 is 6.34. The minimum Gasteiger partial charge on any atom is -0.360 e. The van der Waals surface area contributed by atoms with Crippen LogP contribution in [0.4, 0.5) is 5.82 Å². The summed E-state index contributed by atoms with van der Waals surface area (Å²) >= 11 is 1.79. The largest absolute Gasteiger partial charge is 0.360 e. The summed E-state index contributed by atoms with van der Waals surface area (Å²) in [5, 5.41) is 8.05. The Morgan fingerprint density at radius 2 is 1.87 bits per heavy atom. The van der Waals surface area contributed by atoms with Gasteiger partial charge in [0.2, 0.25) is 5.91 Å². The number of carbonyl (C=O) groups excluding carboxylic acids is 1. The normalized spacial score (nSPS) is 16.4. The molecular weight excluding hydrogens is 408 g/mol. The van der Waals surface area contributed by atoms with E-state index in [1.165, 1.54) is 9.71 Å². The van der Waals surface area contributed by atoms with Crippen molar-refractivity contribution in [2.24, 2.45) is 0 Å². The van der Waals surface area contributed by atoms with Crippen LogP contribution in [0.15, 0.2) is 65.2 Å². The number of anilines is 1. The van der Waals surface area contributed by atoms with Crippen LogP contribution in [0.2, 0.25) is 0 Å². The Morgan fingerprint density at radius 1 is 1.13 bits per heavy atom. The second-order valence-corrected chi connectivity index (χ2v) is 9.02. The Hall–Kier alpha value is -3.03. The lowest BCUT2D eigenvalue weighted by Gasteiger charge is -2.36. The van der Waals surface area contributed by atoms with Crippen LogP contribution in [0.3, 0.4) is 0 Å². The van der Waals surface area contributed by atoms with Gasteiger partial charge in [-0.15, -0.1) is 11.3 Å². The summed E-state index contributed by atoms with van der Waals surface area (Å²) in [7, 11) is 0. The molecule has 2 aromatic carbocycles. The molecule has 1 aliphatic rings. The molecule has 0 spiro atoms. The number of hydrogen-bond acceptors (Lipinski definition) is 6. The molecule has 1 N–H and O–H groups in total. The number of hydrogen-bond donors (Lipinski definition) is 1. The molecule has 0 aliphatic carbocycles. The van der Waals surface area contributed by atoms with Gasteiger partial charge in [0.1, 0.15) is 11.8 Å². The van der Waals surface area contributed by atoms with Gasteiger partial charge in [-0.25, -0.2) is 4.98 Å². The van der Waals surface area contributed by atoms with E-state index in [2.05, 4.69) is 33.6 Å². The van der Waals surface area contributed by atoms with E-state index in [1.54, 1.807) is 17.4 Å². The number of para-hydroxylation sites is 1. The van der Waals surface area contributed by atoms with Gasteiger partial charge in [-0.2, -0.15) is 0 Å². The molecule has 1 fully saturated rings. The summed E-state index contributed by atoms with van der Waals surface area (Å²) in [6.45, 7) is 3.49. The Morgan fingerprint density at radius 3 is 2.58 bits per heavy atom. The molecule has 0 saturated carbocycles. The molecule has 1 atom stereocenters. The number of fused-ring (bicyclic) bond motifs is 1. The third kappa shape index (κ3) is 4.24. The summed E-state index contributed by atoms with van der Waals surface area (Å²) in [6.07, 6.45) is 1.97. The Bertz CT molecular complexity index is 1150. The SMILES string of the molecule is Cc1cc(NC(=O)C(c2ccccc2)N2CCC(c3nc4ccccc4s3)CC2)no1. The van der Waals surface area contributed by atoms with Crippen molar-refractivity contribution < 1.29 is 9.32 Å². The first-order valence-electron chi connectivity index (χ1n) is 10.6. The number of aryl methyl sites for hydroxylation is 1. The monoisotopic (exact) mass is 432 g/mol. The fraction of sp³-hybridized carbons (Fsp3) is 0.292. The van der Waals surface area contributed by atoms with Gasteiger partial charge in [-0.1, -0.05) is 47.6 Å². The number of thiazole rings is 1. The first-order chi connectivity index (χ1) is 15.2. The van der Waals surface area contributed by atoms with Crippen molar-refractivity contribution in [3.05, 3.63) is 77.0 Å². The maximum Gasteiger partial charge on any atom is 0.247 e. The van der Waals surface area contributed by atoms with Crippen molar-refractivity contribution >= 4 is 33.3 Å². The van der Waals surface area contributed by atoms with E-state index in [9.17, 15) is 4.79 Å². The highest BCUT2D eigenvalue weighted by Gasteiger charge is 2.32. The Kier molecular flexibility index (Phi) is 5.53. The Labute approximate surface area is 184 Å². The topological polar surface area (TPSA) is 71.3 Å². The summed E-state index contributed by atoms with van der Waals surface area (Å²) in [5.74, 6) is 1.47. The van der Waals surface area contributed by atoms with Crippen molar-refractivity contribution in [2.75, 3.05) is 18.4 Å². The zero-order chi connectivity index (χ0) is 21.2. The van der Waals surface area contributed by atoms with E-state index < -0.39 is 0 Å². The smallest absolute Gasteiger partial charge is 0.247 e. The average molecular weight is 433 g/mol. The molecule has 0 bridgehead atoms. The fourth-order valence-electron chi connectivity index (χ4n) is 4.25. The molecule has 0 radical (unpaired) electrons. The van der Waals surface area contributed by atoms with Gasteiger partial charge in [-0.3, -0.25) is 9.69 Å². The first kappa shape index (κ1) is 19.9. The number of nitrogens with one attached hydrogen (secondary N) is 1. The van der Waals surface area contributed by atoms with Crippen LogP contribution in [0.25, 0.3) is 10.2 Å². The Balaban J connectivity index is 1.33. The number of piperidine rings is 1. The maximum atomic E-state index is 13.2. The van der Waals surface area contributed by atoms with Gasteiger partial charge in [-0.05, 0) is 50.6 Å². The highest BCUT2D eigenvalue weighted by molar-refractivity contribution is 7.18. The fourth-order valence-corrected chi connectivity index (χ4v) is 5.39. The molecule has 1 aliphatic heterocycles. The highest BCUT2D eigenvalue weighted by Crippen LogP contribution is 2.36. The number of likely N-dealkylation sites (tertiary alicyclic amines) is 1. The van der Waals surface area contributed by atoms with E-state index in [0.717, 1.165) is 37.0 Å². The van der Waals surface area contributed by atoms with E-state index >= 15 is 0 Å². The van der Waals surface area contributed by atoms with Gasteiger partial charge in [0.15, 0.2) is 5.82 Å².